The SMILES string of the molecule is CC(C)C(=O)CCCCCCCNCCC(=O)N1CC(C(C)C)C1. The zero-order valence-corrected chi connectivity index (χ0v) is 16.3. The van der Waals surface area contributed by atoms with Crippen molar-refractivity contribution in [3.63, 3.8) is 0 Å². The Bertz CT molecular complexity index is 374. The van der Waals surface area contributed by atoms with Gasteiger partial charge in [0.25, 0.3) is 0 Å². The Morgan fingerprint density at radius 2 is 1.54 bits per heavy atom. The van der Waals surface area contributed by atoms with Crippen LogP contribution >= 0.6 is 0 Å². The number of nitrogens with zero attached hydrogens (tertiary/aromatic N) is 1. The molecule has 1 aliphatic rings. The average molecular weight is 339 g/mol. The quantitative estimate of drug-likeness (QED) is 0.522. The molecule has 0 aromatic carbocycles. The number of nitrogens with one attached hydrogen (secondary N) is 1. The van der Waals surface area contributed by atoms with Crippen molar-refractivity contribution < 1.29 is 9.59 Å². The van der Waals surface area contributed by atoms with Crippen LogP contribution in [0.3, 0.4) is 0 Å². The van der Waals surface area contributed by atoms with Crippen molar-refractivity contribution in [1.82, 2.24) is 10.2 Å². The summed E-state index contributed by atoms with van der Waals surface area (Å²) in [7, 11) is 0. The smallest absolute Gasteiger partial charge is 0.223 e. The molecule has 1 N–H and O–H groups in total. The van der Waals surface area contributed by atoms with Gasteiger partial charge in [0.2, 0.25) is 5.91 Å². The molecule has 0 atom stereocenters. The lowest BCUT2D eigenvalue weighted by Gasteiger charge is -2.41. The van der Waals surface area contributed by atoms with Crippen LogP contribution in [0.15, 0.2) is 0 Å². The van der Waals surface area contributed by atoms with Crippen molar-refractivity contribution in [1.29, 1.82) is 0 Å². The highest BCUT2D eigenvalue weighted by molar-refractivity contribution is 5.80. The van der Waals surface area contributed by atoms with E-state index in [0.29, 0.717) is 29.9 Å². The Hall–Kier alpha value is -0.900. The third-order valence-corrected chi connectivity index (χ3v) is 5.14. The first-order valence-electron chi connectivity index (χ1n) is 9.93. The second kappa shape index (κ2) is 11.6. The van der Waals surface area contributed by atoms with Crippen LogP contribution in [-0.4, -0.2) is 42.8 Å². The maximum absolute atomic E-state index is 12.0. The van der Waals surface area contributed by atoms with Gasteiger partial charge in [-0.3, -0.25) is 9.59 Å². The molecule has 1 amide bonds. The fraction of sp³-hybridized carbons (Fsp3) is 0.900. The van der Waals surface area contributed by atoms with Crippen LogP contribution in [0.1, 0.15) is 72.6 Å². The van der Waals surface area contributed by atoms with Crippen molar-refractivity contribution in [2.24, 2.45) is 17.8 Å². The van der Waals surface area contributed by atoms with Crippen molar-refractivity contribution >= 4 is 11.7 Å². The van der Waals surface area contributed by atoms with Crippen molar-refractivity contribution in [3.05, 3.63) is 0 Å². The normalized spacial score (nSPS) is 15.2. The summed E-state index contributed by atoms with van der Waals surface area (Å²) < 4.78 is 0. The number of carbonyl (C=O) groups excluding carboxylic acids is 2. The Morgan fingerprint density at radius 1 is 0.917 bits per heavy atom. The highest BCUT2D eigenvalue weighted by atomic mass is 16.2. The van der Waals surface area contributed by atoms with Crippen LogP contribution in [0.25, 0.3) is 0 Å². The second-order valence-electron chi connectivity index (χ2n) is 7.94. The molecule has 4 nitrogen and oxygen atoms in total. The lowest BCUT2D eigenvalue weighted by Crippen LogP contribution is -2.52. The van der Waals surface area contributed by atoms with E-state index in [-0.39, 0.29) is 5.92 Å². The number of rotatable bonds is 13. The van der Waals surface area contributed by atoms with Gasteiger partial charge in [0.15, 0.2) is 0 Å². The number of hydrogen-bond donors (Lipinski definition) is 1. The predicted octanol–water partition coefficient (Wildman–Crippen LogP) is 3.65. The Kier molecular flexibility index (Phi) is 10.2. The minimum absolute atomic E-state index is 0.185. The van der Waals surface area contributed by atoms with Gasteiger partial charge in [-0.05, 0) is 31.2 Å². The number of unbranched alkanes of at least 4 members (excludes halogenated alkanes) is 4. The molecule has 1 heterocycles. The van der Waals surface area contributed by atoms with Gasteiger partial charge in [0.05, 0.1) is 0 Å². The highest BCUT2D eigenvalue weighted by Gasteiger charge is 2.31. The molecular weight excluding hydrogens is 300 g/mol. The molecule has 0 aliphatic carbocycles. The van der Waals surface area contributed by atoms with Crippen molar-refractivity contribution in [2.45, 2.75) is 72.6 Å². The van der Waals surface area contributed by atoms with Crippen LogP contribution in [0.2, 0.25) is 0 Å². The Balaban J connectivity index is 1.84. The summed E-state index contributed by atoms with van der Waals surface area (Å²) in [4.78, 5) is 25.4. The van der Waals surface area contributed by atoms with Crippen LogP contribution in [0, 0.1) is 17.8 Å². The van der Waals surface area contributed by atoms with E-state index >= 15 is 0 Å². The van der Waals surface area contributed by atoms with Gasteiger partial charge in [-0.2, -0.15) is 0 Å². The minimum atomic E-state index is 0.185. The van der Waals surface area contributed by atoms with E-state index in [0.717, 1.165) is 51.9 Å². The van der Waals surface area contributed by atoms with E-state index in [9.17, 15) is 9.59 Å². The first-order valence-corrected chi connectivity index (χ1v) is 9.93. The van der Waals surface area contributed by atoms with E-state index in [1.54, 1.807) is 0 Å². The van der Waals surface area contributed by atoms with Gasteiger partial charge >= 0.3 is 0 Å². The van der Waals surface area contributed by atoms with E-state index in [2.05, 4.69) is 19.2 Å². The second-order valence-corrected chi connectivity index (χ2v) is 7.94. The summed E-state index contributed by atoms with van der Waals surface area (Å²) in [5, 5.41) is 3.38. The molecule has 24 heavy (non-hydrogen) atoms. The lowest BCUT2D eigenvalue weighted by molar-refractivity contribution is -0.138. The molecule has 0 radical (unpaired) electrons. The first kappa shape index (κ1) is 21.1. The topological polar surface area (TPSA) is 49.4 Å². The van der Waals surface area contributed by atoms with E-state index in [1.165, 1.54) is 12.8 Å². The predicted molar refractivity (Wildman–Crippen MR) is 99.9 cm³/mol. The van der Waals surface area contributed by atoms with Crippen LogP contribution in [-0.2, 0) is 9.59 Å². The number of ketones is 1. The van der Waals surface area contributed by atoms with Gasteiger partial charge < -0.3 is 10.2 Å². The number of carbonyl (C=O) groups is 2. The minimum Gasteiger partial charge on any atom is -0.342 e. The molecule has 1 fully saturated rings. The molecular formula is C20H38N2O2. The van der Waals surface area contributed by atoms with Crippen LogP contribution in [0.4, 0.5) is 0 Å². The van der Waals surface area contributed by atoms with Crippen molar-refractivity contribution in [3.8, 4) is 0 Å². The summed E-state index contributed by atoms with van der Waals surface area (Å²) in [6.45, 7) is 12.1. The average Bonchev–Trinajstić information content (AvgIpc) is 2.46. The molecule has 4 heteroatoms. The largest absolute Gasteiger partial charge is 0.342 e. The van der Waals surface area contributed by atoms with Crippen molar-refractivity contribution in [2.75, 3.05) is 26.2 Å². The third kappa shape index (κ3) is 8.27. The standard InChI is InChI=1S/C20H38N2O2/c1-16(2)18-14-22(15-18)20(24)11-13-21-12-9-7-5-6-8-10-19(23)17(3)4/h16-18,21H,5-15H2,1-4H3. The molecule has 0 saturated carbocycles. The maximum atomic E-state index is 12.0. The Morgan fingerprint density at radius 3 is 2.17 bits per heavy atom. The number of likely N-dealkylation sites (tertiary alicyclic amines) is 1. The van der Waals surface area contributed by atoms with E-state index in [4.69, 9.17) is 0 Å². The van der Waals surface area contributed by atoms with Gasteiger partial charge in [-0.15, -0.1) is 0 Å². The summed E-state index contributed by atoms with van der Waals surface area (Å²) in [6.07, 6.45) is 7.13. The van der Waals surface area contributed by atoms with Gasteiger partial charge in [0.1, 0.15) is 5.78 Å². The molecule has 140 valence electrons. The van der Waals surface area contributed by atoms with Crippen LogP contribution < -0.4 is 5.32 Å². The number of amides is 1. The van der Waals surface area contributed by atoms with Gasteiger partial charge in [0, 0.05) is 38.4 Å². The summed E-state index contributed by atoms with van der Waals surface area (Å²) in [5.74, 6) is 2.27. The number of Topliss-reactive ketones (excluding diaryl/α,β-unsaturated/α-hetero) is 1. The molecule has 0 unspecified atom stereocenters. The van der Waals surface area contributed by atoms with E-state index in [1.807, 2.05) is 18.7 Å². The van der Waals surface area contributed by atoms with Gasteiger partial charge in [-0.25, -0.2) is 0 Å². The summed E-state index contributed by atoms with van der Waals surface area (Å²) in [6, 6.07) is 0. The fourth-order valence-electron chi connectivity index (χ4n) is 2.98. The molecule has 1 rings (SSSR count). The number of hydrogen-bond acceptors (Lipinski definition) is 3. The third-order valence-electron chi connectivity index (χ3n) is 5.14. The van der Waals surface area contributed by atoms with Crippen LogP contribution in [0.5, 0.6) is 0 Å². The molecule has 0 aromatic rings. The molecule has 0 aromatic heterocycles. The first-order chi connectivity index (χ1) is 11.4. The molecule has 1 aliphatic heterocycles. The lowest BCUT2D eigenvalue weighted by atomic mass is 9.88. The zero-order valence-electron chi connectivity index (χ0n) is 16.3. The molecule has 0 bridgehead atoms. The van der Waals surface area contributed by atoms with Gasteiger partial charge in [-0.1, -0.05) is 47.0 Å². The molecule has 1 saturated heterocycles. The monoisotopic (exact) mass is 338 g/mol. The maximum Gasteiger partial charge on any atom is 0.223 e. The summed E-state index contributed by atoms with van der Waals surface area (Å²) in [5.41, 5.74) is 0. The highest BCUT2D eigenvalue weighted by Crippen LogP contribution is 2.23. The Labute approximate surface area is 148 Å². The fourth-order valence-corrected chi connectivity index (χ4v) is 2.98. The molecule has 0 spiro atoms. The summed E-state index contributed by atoms with van der Waals surface area (Å²) >= 11 is 0. The van der Waals surface area contributed by atoms with E-state index < -0.39 is 0 Å². The zero-order chi connectivity index (χ0) is 17.9.